The molecule has 14 heavy (non-hydrogen) atoms. The van der Waals surface area contributed by atoms with Crippen molar-refractivity contribution < 1.29 is 15.1 Å². The van der Waals surface area contributed by atoms with Crippen LogP contribution in [0, 0.1) is 10.1 Å². The van der Waals surface area contributed by atoms with Crippen molar-refractivity contribution >= 4 is 11.4 Å². The van der Waals surface area contributed by atoms with Gasteiger partial charge in [-0.15, -0.1) is 0 Å². The zero-order chi connectivity index (χ0) is 10.7. The Bertz CT molecular complexity index is 351. The van der Waals surface area contributed by atoms with E-state index < -0.39 is 11.2 Å². The normalized spacial score (nSPS) is 12.1. The van der Waals surface area contributed by atoms with Crippen LogP contribution in [0.4, 0.5) is 11.4 Å². The summed E-state index contributed by atoms with van der Waals surface area (Å²) in [6.07, 6.45) is -0.970. The standard InChI is InChI=1S/C8H10N2O4/c1-5(11)9-8-6(10(13)14)3-2-4-7(8)12/h2-5,9,11-12H,1H3. The van der Waals surface area contributed by atoms with E-state index in [-0.39, 0.29) is 17.1 Å². The highest BCUT2D eigenvalue weighted by molar-refractivity contribution is 5.69. The van der Waals surface area contributed by atoms with Crippen LogP contribution in [0.25, 0.3) is 0 Å². The summed E-state index contributed by atoms with van der Waals surface area (Å²) in [6, 6.07) is 3.91. The van der Waals surface area contributed by atoms with E-state index in [9.17, 15) is 15.2 Å². The molecule has 0 bridgehead atoms. The van der Waals surface area contributed by atoms with Gasteiger partial charge in [0.25, 0.3) is 5.69 Å². The number of aromatic hydroxyl groups is 1. The fraction of sp³-hybridized carbons (Fsp3) is 0.250. The number of rotatable bonds is 3. The summed E-state index contributed by atoms with van der Waals surface area (Å²) < 4.78 is 0. The summed E-state index contributed by atoms with van der Waals surface area (Å²) in [5.74, 6) is -0.264. The van der Waals surface area contributed by atoms with Crippen LogP contribution < -0.4 is 5.32 Å². The maximum absolute atomic E-state index is 10.5. The molecule has 0 aliphatic heterocycles. The molecule has 1 atom stereocenters. The van der Waals surface area contributed by atoms with E-state index in [1.165, 1.54) is 25.1 Å². The van der Waals surface area contributed by atoms with Gasteiger partial charge in [0, 0.05) is 6.07 Å². The van der Waals surface area contributed by atoms with Gasteiger partial charge < -0.3 is 15.5 Å². The lowest BCUT2D eigenvalue weighted by atomic mass is 10.2. The van der Waals surface area contributed by atoms with Crippen LogP contribution in [0.2, 0.25) is 0 Å². The second kappa shape index (κ2) is 3.93. The maximum atomic E-state index is 10.5. The van der Waals surface area contributed by atoms with Crippen LogP contribution >= 0.6 is 0 Å². The number of anilines is 1. The third-order valence-electron chi connectivity index (χ3n) is 1.57. The quantitative estimate of drug-likeness (QED) is 0.292. The summed E-state index contributed by atoms with van der Waals surface area (Å²) in [4.78, 5) is 9.89. The lowest BCUT2D eigenvalue weighted by molar-refractivity contribution is -0.384. The van der Waals surface area contributed by atoms with E-state index >= 15 is 0 Å². The number of benzene rings is 1. The number of nitro groups is 1. The lowest BCUT2D eigenvalue weighted by Gasteiger charge is -2.10. The Hall–Kier alpha value is -1.82. The number of hydrogen-bond acceptors (Lipinski definition) is 5. The summed E-state index contributed by atoms with van der Waals surface area (Å²) in [7, 11) is 0. The molecule has 0 aliphatic rings. The second-order valence-electron chi connectivity index (χ2n) is 2.75. The first-order valence-corrected chi connectivity index (χ1v) is 3.93. The molecule has 0 aromatic heterocycles. The topological polar surface area (TPSA) is 95.6 Å². The molecule has 3 N–H and O–H groups in total. The van der Waals surface area contributed by atoms with Crippen LogP contribution in [-0.4, -0.2) is 21.4 Å². The lowest BCUT2D eigenvalue weighted by Crippen LogP contribution is -2.14. The summed E-state index contributed by atoms with van der Waals surface area (Å²) >= 11 is 0. The number of nitrogens with one attached hydrogen (secondary N) is 1. The molecule has 0 fully saturated rings. The van der Waals surface area contributed by atoms with Crippen LogP contribution in [0.5, 0.6) is 5.75 Å². The summed E-state index contributed by atoms with van der Waals surface area (Å²) in [6.45, 7) is 1.40. The van der Waals surface area contributed by atoms with Crippen molar-refractivity contribution in [1.82, 2.24) is 0 Å². The predicted octanol–water partition coefficient (Wildman–Crippen LogP) is 1.05. The minimum absolute atomic E-state index is 0.0764. The number of nitro benzene ring substituents is 1. The number of aliphatic hydroxyl groups excluding tert-OH is 1. The summed E-state index contributed by atoms with van der Waals surface area (Å²) in [5, 5.41) is 31.2. The number of hydrogen-bond donors (Lipinski definition) is 3. The molecular formula is C8H10N2O4. The Kier molecular flexibility index (Phi) is 2.88. The van der Waals surface area contributed by atoms with E-state index in [0.29, 0.717) is 0 Å². The molecule has 6 heteroatoms. The Labute approximate surface area is 80.0 Å². The largest absolute Gasteiger partial charge is 0.506 e. The second-order valence-corrected chi connectivity index (χ2v) is 2.75. The highest BCUT2D eigenvalue weighted by Crippen LogP contribution is 2.33. The summed E-state index contributed by atoms with van der Waals surface area (Å²) in [5.41, 5.74) is -0.349. The molecule has 0 heterocycles. The number of phenolic OH excluding ortho intramolecular Hbond substituents is 1. The van der Waals surface area contributed by atoms with Crippen molar-refractivity contribution in [2.45, 2.75) is 13.2 Å². The van der Waals surface area contributed by atoms with Crippen LogP contribution in [0.1, 0.15) is 6.92 Å². The average molecular weight is 198 g/mol. The first-order chi connectivity index (χ1) is 6.52. The molecule has 0 saturated heterocycles. The smallest absolute Gasteiger partial charge is 0.296 e. The third-order valence-corrected chi connectivity index (χ3v) is 1.57. The number of phenols is 1. The number of para-hydroxylation sites is 1. The molecule has 1 aromatic carbocycles. The van der Waals surface area contributed by atoms with E-state index in [1.807, 2.05) is 0 Å². The van der Waals surface area contributed by atoms with Gasteiger partial charge in [0.2, 0.25) is 0 Å². The molecule has 1 rings (SSSR count). The minimum Gasteiger partial charge on any atom is -0.506 e. The molecule has 1 aromatic rings. The van der Waals surface area contributed by atoms with Crippen molar-refractivity contribution in [1.29, 1.82) is 0 Å². The Morgan fingerprint density at radius 1 is 1.57 bits per heavy atom. The number of nitrogens with zero attached hydrogens (tertiary/aromatic N) is 1. The van der Waals surface area contributed by atoms with Gasteiger partial charge in [0.05, 0.1) is 4.92 Å². The van der Waals surface area contributed by atoms with Crippen LogP contribution in [0.3, 0.4) is 0 Å². The van der Waals surface area contributed by atoms with Gasteiger partial charge in [-0.2, -0.15) is 0 Å². The average Bonchev–Trinajstić information content (AvgIpc) is 2.07. The zero-order valence-electron chi connectivity index (χ0n) is 7.47. The van der Waals surface area contributed by atoms with E-state index in [1.54, 1.807) is 0 Å². The first-order valence-electron chi connectivity index (χ1n) is 3.93. The molecule has 0 amide bonds. The predicted molar refractivity (Wildman–Crippen MR) is 50.1 cm³/mol. The molecule has 6 nitrogen and oxygen atoms in total. The molecule has 0 spiro atoms. The maximum Gasteiger partial charge on any atom is 0.296 e. The molecule has 0 aliphatic carbocycles. The van der Waals surface area contributed by atoms with Gasteiger partial charge in [-0.25, -0.2) is 0 Å². The van der Waals surface area contributed by atoms with Crippen molar-refractivity contribution in [3.05, 3.63) is 28.3 Å². The van der Waals surface area contributed by atoms with Gasteiger partial charge in [-0.1, -0.05) is 6.07 Å². The van der Waals surface area contributed by atoms with E-state index in [0.717, 1.165) is 0 Å². The van der Waals surface area contributed by atoms with Gasteiger partial charge >= 0.3 is 0 Å². The zero-order valence-corrected chi connectivity index (χ0v) is 7.47. The Balaban J connectivity index is 3.15. The highest BCUT2D eigenvalue weighted by Gasteiger charge is 2.17. The van der Waals surface area contributed by atoms with E-state index in [4.69, 9.17) is 5.11 Å². The van der Waals surface area contributed by atoms with Gasteiger partial charge in [-0.3, -0.25) is 10.1 Å². The minimum atomic E-state index is -0.970. The Morgan fingerprint density at radius 3 is 2.71 bits per heavy atom. The molecule has 0 saturated carbocycles. The van der Waals surface area contributed by atoms with Crippen LogP contribution in [-0.2, 0) is 0 Å². The highest BCUT2D eigenvalue weighted by atomic mass is 16.6. The monoisotopic (exact) mass is 198 g/mol. The van der Waals surface area contributed by atoms with Gasteiger partial charge in [0.15, 0.2) is 5.69 Å². The van der Waals surface area contributed by atoms with Crippen molar-refractivity contribution in [2.24, 2.45) is 0 Å². The third kappa shape index (κ3) is 2.11. The van der Waals surface area contributed by atoms with Crippen molar-refractivity contribution in [3.63, 3.8) is 0 Å². The van der Waals surface area contributed by atoms with Gasteiger partial charge in [0.1, 0.15) is 12.0 Å². The SMILES string of the molecule is CC(O)Nc1c(O)cccc1[N+](=O)[O-]. The number of aliphatic hydroxyl groups is 1. The van der Waals surface area contributed by atoms with Gasteiger partial charge in [-0.05, 0) is 13.0 Å². The van der Waals surface area contributed by atoms with E-state index in [2.05, 4.69) is 5.32 Å². The Morgan fingerprint density at radius 2 is 2.21 bits per heavy atom. The fourth-order valence-electron chi connectivity index (χ4n) is 1.04. The van der Waals surface area contributed by atoms with Crippen LogP contribution in [0.15, 0.2) is 18.2 Å². The molecule has 1 unspecified atom stereocenters. The molecular weight excluding hydrogens is 188 g/mol. The van der Waals surface area contributed by atoms with Crippen molar-refractivity contribution in [3.8, 4) is 5.75 Å². The first kappa shape index (κ1) is 10.3. The fourth-order valence-corrected chi connectivity index (χ4v) is 1.04. The molecule has 0 radical (unpaired) electrons. The molecule has 76 valence electrons. The van der Waals surface area contributed by atoms with Crippen molar-refractivity contribution in [2.75, 3.05) is 5.32 Å².